The zero-order chi connectivity index (χ0) is 15.1. The Kier molecular flexibility index (Phi) is 5.48. The summed E-state index contributed by atoms with van der Waals surface area (Å²) in [5.74, 6) is -1.20. The maximum Gasteiger partial charge on any atom is 0.328 e. The van der Waals surface area contributed by atoms with Crippen molar-refractivity contribution in [1.82, 2.24) is 5.32 Å². The predicted molar refractivity (Wildman–Crippen MR) is 76.0 cm³/mol. The summed E-state index contributed by atoms with van der Waals surface area (Å²) in [5, 5.41) is 11.3. The third kappa shape index (κ3) is 5.02. The first kappa shape index (κ1) is 15.2. The average molecular weight is 291 g/mol. The Labute approximate surface area is 122 Å². The SMILES string of the molecule is O=C(O)C=Cc1ccc(C(=O)NCC2COCCO2)cc1. The van der Waals surface area contributed by atoms with E-state index in [2.05, 4.69) is 5.32 Å². The molecule has 0 spiro atoms. The van der Waals surface area contributed by atoms with Crippen molar-refractivity contribution in [2.24, 2.45) is 0 Å². The smallest absolute Gasteiger partial charge is 0.328 e. The molecule has 1 aromatic rings. The third-order valence-electron chi connectivity index (χ3n) is 2.97. The van der Waals surface area contributed by atoms with Crippen molar-refractivity contribution >= 4 is 18.0 Å². The minimum Gasteiger partial charge on any atom is -0.478 e. The molecule has 1 amide bonds. The highest BCUT2D eigenvalue weighted by atomic mass is 16.6. The van der Waals surface area contributed by atoms with Gasteiger partial charge < -0.3 is 19.9 Å². The van der Waals surface area contributed by atoms with Gasteiger partial charge in [0.2, 0.25) is 0 Å². The van der Waals surface area contributed by atoms with Crippen LogP contribution in [0.25, 0.3) is 6.08 Å². The van der Waals surface area contributed by atoms with E-state index in [0.717, 1.165) is 11.6 Å². The van der Waals surface area contributed by atoms with Crippen LogP contribution in [0.15, 0.2) is 30.3 Å². The molecule has 112 valence electrons. The van der Waals surface area contributed by atoms with E-state index in [4.69, 9.17) is 14.6 Å². The van der Waals surface area contributed by atoms with Gasteiger partial charge >= 0.3 is 5.97 Å². The summed E-state index contributed by atoms with van der Waals surface area (Å²) in [6.07, 6.45) is 2.41. The fourth-order valence-electron chi connectivity index (χ4n) is 1.88. The van der Waals surface area contributed by atoms with Crippen LogP contribution in [-0.4, -0.2) is 49.5 Å². The number of carbonyl (C=O) groups excluding carboxylic acids is 1. The van der Waals surface area contributed by atoms with Gasteiger partial charge in [0.05, 0.1) is 25.9 Å². The fourth-order valence-corrected chi connectivity index (χ4v) is 1.88. The van der Waals surface area contributed by atoms with Crippen molar-refractivity contribution in [2.75, 3.05) is 26.4 Å². The largest absolute Gasteiger partial charge is 0.478 e. The van der Waals surface area contributed by atoms with Crippen LogP contribution >= 0.6 is 0 Å². The van der Waals surface area contributed by atoms with Crippen LogP contribution < -0.4 is 5.32 Å². The summed E-state index contributed by atoms with van der Waals surface area (Å²) in [5.41, 5.74) is 1.23. The number of carbonyl (C=O) groups is 2. The van der Waals surface area contributed by atoms with E-state index in [9.17, 15) is 9.59 Å². The van der Waals surface area contributed by atoms with Crippen molar-refractivity contribution in [3.8, 4) is 0 Å². The summed E-state index contributed by atoms with van der Waals surface area (Å²) < 4.78 is 10.7. The zero-order valence-electron chi connectivity index (χ0n) is 11.5. The number of carboxylic acid groups (broad SMARTS) is 1. The van der Waals surface area contributed by atoms with Gasteiger partial charge in [-0.3, -0.25) is 4.79 Å². The Morgan fingerprint density at radius 1 is 1.29 bits per heavy atom. The minimum atomic E-state index is -1.01. The van der Waals surface area contributed by atoms with Crippen LogP contribution in [0.5, 0.6) is 0 Å². The number of ether oxygens (including phenoxy) is 2. The Hall–Kier alpha value is -2.18. The molecule has 1 heterocycles. The molecular formula is C15H17NO5. The number of nitrogens with one attached hydrogen (secondary N) is 1. The van der Waals surface area contributed by atoms with Crippen molar-refractivity contribution in [2.45, 2.75) is 6.10 Å². The molecule has 1 aliphatic rings. The lowest BCUT2D eigenvalue weighted by atomic mass is 10.1. The number of benzene rings is 1. The lowest BCUT2D eigenvalue weighted by molar-refractivity contribution is -0.131. The molecule has 21 heavy (non-hydrogen) atoms. The van der Waals surface area contributed by atoms with Gasteiger partial charge in [0.1, 0.15) is 0 Å². The number of aliphatic carboxylic acids is 1. The Morgan fingerprint density at radius 2 is 2.05 bits per heavy atom. The quantitative estimate of drug-likeness (QED) is 0.788. The molecule has 0 aromatic heterocycles. The molecule has 1 fully saturated rings. The average Bonchev–Trinajstić information content (AvgIpc) is 2.52. The number of rotatable bonds is 5. The number of hydrogen-bond acceptors (Lipinski definition) is 4. The molecule has 1 saturated heterocycles. The van der Waals surface area contributed by atoms with Gasteiger partial charge in [0, 0.05) is 18.2 Å². The van der Waals surface area contributed by atoms with Gasteiger partial charge in [0.25, 0.3) is 5.91 Å². The first-order valence-electron chi connectivity index (χ1n) is 6.64. The van der Waals surface area contributed by atoms with Crippen LogP contribution in [0.1, 0.15) is 15.9 Å². The van der Waals surface area contributed by atoms with E-state index in [0.29, 0.717) is 31.9 Å². The fraction of sp³-hybridized carbons (Fsp3) is 0.333. The number of amides is 1. The summed E-state index contributed by atoms with van der Waals surface area (Å²) in [7, 11) is 0. The van der Waals surface area contributed by atoms with Crippen LogP contribution in [0.2, 0.25) is 0 Å². The molecule has 6 nitrogen and oxygen atoms in total. The molecule has 6 heteroatoms. The Balaban J connectivity index is 1.85. The van der Waals surface area contributed by atoms with Crippen molar-refractivity contribution in [3.63, 3.8) is 0 Å². The summed E-state index contributed by atoms with van der Waals surface area (Å²) in [6.45, 7) is 2.03. The van der Waals surface area contributed by atoms with Gasteiger partial charge in [-0.15, -0.1) is 0 Å². The van der Waals surface area contributed by atoms with Crippen LogP contribution in [-0.2, 0) is 14.3 Å². The van der Waals surface area contributed by atoms with E-state index in [-0.39, 0.29) is 12.0 Å². The monoisotopic (exact) mass is 291 g/mol. The molecule has 0 radical (unpaired) electrons. The predicted octanol–water partition coefficient (Wildman–Crippen LogP) is 0.930. The number of carboxylic acids is 1. The standard InChI is InChI=1S/C15H17NO5/c17-14(18)6-3-11-1-4-12(5-2-11)15(19)16-9-13-10-20-7-8-21-13/h1-6,13H,7-10H2,(H,16,19)(H,17,18). The molecule has 1 aliphatic heterocycles. The highest BCUT2D eigenvalue weighted by Crippen LogP contribution is 2.07. The first-order chi connectivity index (χ1) is 10.1. The second kappa shape index (κ2) is 7.56. The van der Waals surface area contributed by atoms with E-state index in [1.165, 1.54) is 6.08 Å². The van der Waals surface area contributed by atoms with Crippen molar-refractivity contribution < 1.29 is 24.2 Å². The van der Waals surface area contributed by atoms with E-state index in [1.54, 1.807) is 24.3 Å². The molecule has 0 bridgehead atoms. The summed E-state index contributed by atoms with van der Waals surface area (Å²) in [4.78, 5) is 22.4. The van der Waals surface area contributed by atoms with Gasteiger partial charge in [-0.2, -0.15) is 0 Å². The van der Waals surface area contributed by atoms with Gasteiger partial charge in [-0.05, 0) is 23.8 Å². The second-order valence-corrected chi connectivity index (χ2v) is 4.57. The van der Waals surface area contributed by atoms with Crippen molar-refractivity contribution in [3.05, 3.63) is 41.5 Å². The first-order valence-corrected chi connectivity index (χ1v) is 6.64. The van der Waals surface area contributed by atoms with Crippen LogP contribution in [0.3, 0.4) is 0 Å². The number of hydrogen-bond donors (Lipinski definition) is 2. The Bertz CT molecular complexity index is 517. The maximum absolute atomic E-state index is 11.9. The lowest BCUT2D eigenvalue weighted by Gasteiger charge is -2.23. The van der Waals surface area contributed by atoms with Gasteiger partial charge in [-0.1, -0.05) is 12.1 Å². The molecule has 1 unspecified atom stereocenters. The van der Waals surface area contributed by atoms with E-state index < -0.39 is 5.97 Å². The summed E-state index contributed by atoms with van der Waals surface area (Å²) >= 11 is 0. The van der Waals surface area contributed by atoms with Crippen LogP contribution in [0, 0.1) is 0 Å². The van der Waals surface area contributed by atoms with Crippen molar-refractivity contribution in [1.29, 1.82) is 0 Å². The molecule has 0 saturated carbocycles. The molecule has 2 rings (SSSR count). The molecular weight excluding hydrogens is 274 g/mol. The normalized spacial score (nSPS) is 18.6. The molecule has 1 aromatic carbocycles. The van der Waals surface area contributed by atoms with E-state index in [1.807, 2.05) is 0 Å². The highest BCUT2D eigenvalue weighted by Gasteiger charge is 2.15. The van der Waals surface area contributed by atoms with Gasteiger partial charge in [0.15, 0.2) is 0 Å². The molecule has 1 atom stereocenters. The lowest BCUT2D eigenvalue weighted by Crippen LogP contribution is -2.39. The topological polar surface area (TPSA) is 84.9 Å². The molecule has 2 N–H and O–H groups in total. The minimum absolute atomic E-state index is 0.111. The highest BCUT2D eigenvalue weighted by molar-refractivity contribution is 5.94. The zero-order valence-corrected chi connectivity index (χ0v) is 11.5. The second-order valence-electron chi connectivity index (χ2n) is 4.57. The Morgan fingerprint density at radius 3 is 2.67 bits per heavy atom. The van der Waals surface area contributed by atoms with Crippen LogP contribution in [0.4, 0.5) is 0 Å². The molecule has 0 aliphatic carbocycles. The van der Waals surface area contributed by atoms with Gasteiger partial charge in [-0.25, -0.2) is 4.79 Å². The van der Waals surface area contributed by atoms with E-state index >= 15 is 0 Å². The summed E-state index contributed by atoms with van der Waals surface area (Å²) in [6, 6.07) is 6.67. The maximum atomic E-state index is 11.9. The third-order valence-corrected chi connectivity index (χ3v) is 2.97.